The number of nitrogen functional groups attached to an aromatic ring is 1. The van der Waals surface area contributed by atoms with Gasteiger partial charge >= 0.3 is 0 Å². The van der Waals surface area contributed by atoms with Crippen LogP contribution in [0.1, 0.15) is 11.3 Å². The molecule has 2 aromatic rings. The van der Waals surface area contributed by atoms with Crippen LogP contribution >= 0.6 is 0 Å². The van der Waals surface area contributed by atoms with Crippen LogP contribution in [-0.4, -0.2) is 15.1 Å². The van der Waals surface area contributed by atoms with Crippen LogP contribution in [0.4, 0.5) is 11.6 Å². The van der Waals surface area contributed by atoms with Gasteiger partial charge in [-0.05, 0) is 31.2 Å². The summed E-state index contributed by atoms with van der Waals surface area (Å²) in [6.45, 7) is 2.32. The minimum Gasteiger partial charge on any atom is -0.508 e. The van der Waals surface area contributed by atoms with Gasteiger partial charge in [-0.1, -0.05) is 0 Å². The Labute approximate surface area is 99.3 Å². The maximum absolute atomic E-state index is 9.63. The van der Waals surface area contributed by atoms with Gasteiger partial charge in [-0.2, -0.15) is 0 Å². The van der Waals surface area contributed by atoms with E-state index in [1.165, 1.54) is 0 Å². The molecule has 5 nitrogen and oxygen atoms in total. The molecule has 0 fully saturated rings. The van der Waals surface area contributed by atoms with Gasteiger partial charge in [0, 0.05) is 29.7 Å². The van der Waals surface area contributed by atoms with Crippen LogP contribution in [0.5, 0.6) is 5.75 Å². The van der Waals surface area contributed by atoms with Crippen molar-refractivity contribution in [2.75, 3.05) is 11.1 Å². The number of aromatic nitrogens is 2. The minimum absolute atomic E-state index is 0.208. The van der Waals surface area contributed by atoms with Gasteiger partial charge in [-0.25, -0.2) is 9.97 Å². The highest BCUT2D eigenvalue weighted by molar-refractivity contribution is 5.48. The monoisotopic (exact) mass is 230 g/mol. The second-order valence-electron chi connectivity index (χ2n) is 3.76. The van der Waals surface area contributed by atoms with E-state index in [9.17, 15) is 5.11 Å². The molecule has 0 atom stereocenters. The minimum atomic E-state index is 0.208. The van der Waals surface area contributed by atoms with Crippen molar-refractivity contribution in [3.63, 3.8) is 0 Å². The van der Waals surface area contributed by atoms with Crippen molar-refractivity contribution >= 4 is 11.6 Å². The number of nitrogens with two attached hydrogens (primary N) is 1. The first-order valence-corrected chi connectivity index (χ1v) is 5.26. The summed E-state index contributed by atoms with van der Waals surface area (Å²) >= 11 is 0. The van der Waals surface area contributed by atoms with Crippen molar-refractivity contribution in [1.29, 1.82) is 0 Å². The summed E-state index contributed by atoms with van der Waals surface area (Å²) in [5.74, 6) is 0.742. The smallest absolute Gasteiger partial charge is 0.223 e. The van der Waals surface area contributed by atoms with Crippen LogP contribution in [0.15, 0.2) is 30.5 Å². The van der Waals surface area contributed by atoms with E-state index in [0.717, 1.165) is 11.3 Å². The van der Waals surface area contributed by atoms with Crippen molar-refractivity contribution in [2.24, 2.45) is 0 Å². The molecule has 1 heterocycles. The van der Waals surface area contributed by atoms with Crippen LogP contribution in [0.2, 0.25) is 0 Å². The summed E-state index contributed by atoms with van der Waals surface area (Å²) < 4.78 is 0. The third kappa shape index (κ3) is 2.84. The van der Waals surface area contributed by atoms with Crippen LogP contribution < -0.4 is 11.1 Å². The fourth-order valence-electron chi connectivity index (χ4n) is 1.46. The lowest BCUT2D eigenvalue weighted by Gasteiger charge is -2.07. The van der Waals surface area contributed by atoms with Crippen molar-refractivity contribution in [2.45, 2.75) is 13.5 Å². The van der Waals surface area contributed by atoms with Gasteiger partial charge in [0.05, 0.1) is 0 Å². The quantitative estimate of drug-likeness (QED) is 0.552. The molecule has 0 saturated heterocycles. The molecule has 0 unspecified atom stereocenters. The zero-order valence-electron chi connectivity index (χ0n) is 9.51. The summed E-state index contributed by atoms with van der Waals surface area (Å²) in [5, 5.41) is 12.7. The number of phenolic OH excluding ortho intramolecular Hbond substituents is 1. The lowest BCUT2D eigenvalue weighted by atomic mass is 10.2. The van der Waals surface area contributed by atoms with E-state index in [1.54, 1.807) is 24.4 Å². The highest BCUT2D eigenvalue weighted by Gasteiger charge is 2.02. The highest BCUT2D eigenvalue weighted by Crippen LogP contribution is 2.20. The fraction of sp³-hybridized carbons (Fsp3) is 0.167. The Kier molecular flexibility index (Phi) is 3.09. The van der Waals surface area contributed by atoms with Gasteiger partial charge in [0.25, 0.3) is 0 Å². The molecule has 0 amide bonds. The lowest BCUT2D eigenvalue weighted by Crippen LogP contribution is -2.04. The number of nitrogens with zero attached hydrogens (tertiary/aromatic N) is 2. The molecule has 88 valence electrons. The molecule has 0 aliphatic rings. The summed E-state index contributed by atoms with van der Waals surface area (Å²) in [6.07, 6.45) is 1.68. The number of aryl methyl sites for hydroxylation is 1. The van der Waals surface area contributed by atoms with Crippen LogP contribution in [0.25, 0.3) is 0 Å². The molecule has 0 saturated carbocycles. The molecule has 0 aliphatic carbocycles. The topological polar surface area (TPSA) is 84.1 Å². The number of hydrogen-bond donors (Lipinski definition) is 3. The number of phenols is 1. The summed E-state index contributed by atoms with van der Waals surface area (Å²) in [5.41, 5.74) is 7.87. The van der Waals surface area contributed by atoms with E-state index >= 15 is 0 Å². The average Bonchev–Trinajstić information content (AvgIpc) is 2.30. The van der Waals surface area contributed by atoms with Crippen LogP contribution in [0, 0.1) is 6.92 Å². The zero-order valence-corrected chi connectivity index (χ0v) is 9.51. The molecule has 5 heteroatoms. The molecular formula is C12H14N4O. The van der Waals surface area contributed by atoms with E-state index in [0.29, 0.717) is 18.2 Å². The standard InChI is InChI=1S/C12H14N4O/c1-8-4-5-14-12(16-8)15-7-9-6-10(13)2-3-11(9)17/h2-6,17H,7,13H2,1H3,(H,14,15,16). The van der Waals surface area contributed by atoms with Crippen molar-refractivity contribution in [3.05, 3.63) is 41.7 Å². The van der Waals surface area contributed by atoms with Crippen LogP contribution in [0.3, 0.4) is 0 Å². The number of anilines is 2. The van der Waals surface area contributed by atoms with Crippen molar-refractivity contribution in [1.82, 2.24) is 9.97 Å². The van der Waals surface area contributed by atoms with Crippen molar-refractivity contribution in [3.8, 4) is 5.75 Å². The number of rotatable bonds is 3. The Morgan fingerprint density at radius 2 is 2.18 bits per heavy atom. The largest absolute Gasteiger partial charge is 0.508 e. The van der Waals surface area contributed by atoms with Gasteiger partial charge < -0.3 is 16.2 Å². The number of nitrogens with one attached hydrogen (secondary N) is 1. The van der Waals surface area contributed by atoms with Gasteiger partial charge in [-0.15, -0.1) is 0 Å². The summed E-state index contributed by atoms with van der Waals surface area (Å²) in [7, 11) is 0. The predicted molar refractivity (Wildman–Crippen MR) is 66.6 cm³/mol. The Hall–Kier alpha value is -2.30. The molecule has 2 rings (SSSR count). The third-order valence-electron chi connectivity index (χ3n) is 2.34. The lowest BCUT2D eigenvalue weighted by molar-refractivity contribution is 0.469. The van der Waals surface area contributed by atoms with E-state index in [-0.39, 0.29) is 5.75 Å². The first-order valence-electron chi connectivity index (χ1n) is 5.26. The predicted octanol–water partition coefficient (Wildman–Crippen LogP) is 1.68. The van der Waals surface area contributed by atoms with Gasteiger partial charge in [0.1, 0.15) is 5.75 Å². The molecule has 1 aromatic heterocycles. The second-order valence-corrected chi connectivity index (χ2v) is 3.76. The average molecular weight is 230 g/mol. The molecule has 1 aromatic carbocycles. The maximum Gasteiger partial charge on any atom is 0.223 e. The molecule has 0 aliphatic heterocycles. The summed E-state index contributed by atoms with van der Waals surface area (Å²) in [4.78, 5) is 8.28. The van der Waals surface area contributed by atoms with E-state index in [2.05, 4.69) is 15.3 Å². The molecule has 4 N–H and O–H groups in total. The molecule has 0 radical (unpaired) electrons. The highest BCUT2D eigenvalue weighted by atomic mass is 16.3. The molecular weight excluding hydrogens is 216 g/mol. The fourth-order valence-corrected chi connectivity index (χ4v) is 1.46. The van der Waals surface area contributed by atoms with Gasteiger partial charge in [0.2, 0.25) is 5.95 Å². The zero-order chi connectivity index (χ0) is 12.3. The molecule has 17 heavy (non-hydrogen) atoms. The Morgan fingerprint density at radius 1 is 1.35 bits per heavy atom. The Bertz CT molecular complexity index is 528. The van der Waals surface area contributed by atoms with E-state index in [1.807, 2.05) is 13.0 Å². The van der Waals surface area contributed by atoms with Crippen molar-refractivity contribution < 1.29 is 5.11 Å². The summed E-state index contributed by atoms with van der Waals surface area (Å²) in [6, 6.07) is 6.77. The van der Waals surface area contributed by atoms with Gasteiger partial charge in [0.15, 0.2) is 0 Å². The van der Waals surface area contributed by atoms with Crippen LogP contribution in [-0.2, 0) is 6.54 Å². The molecule has 0 spiro atoms. The first-order chi connectivity index (χ1) is 8.15. The third-order valence-corrected chi connectivity index (χ3v) is 2.34. The number of aromatic hydroxyl groups is 1. The van der Waals surface area contributed by atoms with E-state index < -0.39 is 0 Å². The van der Waals surface area contributed by atoms with Gasteiger partial charge in [-0.3, -0.25) is 0 Å². The second kappa shape index (κ2) is 4.69. The Balaban J connectivity index is 2.09. The maximum atomic E-state index is 9.63. The number of benzene rings is 1. The first kappa shape index (κ1) is 11.2. The molecule has 0 bridgehead atoms. The SMILES string of the molecule is Cc1ccnc(NCc2cc(N)ccc2O)n1. The normalized spacial score (nSPS) is 10.2. The van der Waals surface area contributed by atoms with E-state index in [4.69, 9.17) is 5.73 Å². The Morgan fingerprint density at radius 3 is 2.94 bits per heavy atom. The number of hydrogen-bond acceptors (Lipinski definition) is 5.